The maximum absolute atomic E-state index is 13.3. The predicted molar refractivity (Wildman–Crippen MR) is 61.9 cm³/mol. The molecule has 3 nitrogen and oxygen atoms in total. The monoisotopic (exact) mass is 289 g/mol. The molecule has 0 radical (unpaired) electrons. The third-order valence-electron chi connectivity index (χ3n) is 3.03. The van der Waals surface area contributed by atoms with Gasteiger partial charge in [-0.05, 0) is 53.2 Å². The molecular formula is C11H13BrFNO2. The number of benzene rings is 1. The van der Waals surface area contributed by atoms with Gasteiger partial charge in [-0.15, -0.1) is 0 Å². The van der Waals surface area contributed by atoms with Gasteiger partial charge in [0.25, 0.3) is 0 Å². The second-order valence-corrected chi connectivity index (χ2v) is 5.25. The van der Waals surface area contributed by atoms with Crippen molar-refractivity contribution in [3.8, 4) is 11.5 Å². The molecule has 1 fully saturated rings. The van der Waals surface area contributed by atoms with Crippen molar-refractivity contribution in [3.05, 3.63) is 21.9 Å². The van der Waals surface area contributed by atoms with E-state index in [4.69, 9.17) is 5.73 Å². The third-order valence-corrected chi connectivity index (χ3v) is 3.64. The maximum atomic E-state index is 13.3. The lowest BCUT2D eigenvalue weighted by Gasteiger charge is -2.11. The number of aryl methyl sites for hydroxylation is 1. The highest BCUT2D eigenvalue weighted by Crippen LogP contribution is 2.40. The Hall–Kier alpha value is -0.810. The molecule has 16 heavy (non-hydrogen) atoms. The molecule has 1 saturated carbocycles. The second-order valence-electron chi connectivity index (χ2n) is 4.39. The van der Waals surface area contributed by atoms with Crippen molar-refractivity contribution >= 4 is 15.9 Å². The van der Waals surface area contributed by atoms with E-state index >= 15 is 0 Å². The van der Waals surface area contributed by atoms with Crippen LogP contribution >= 0.6 is 15.9 Å². The number of hydrogen-bond donors (Lipinski definition) is 3. The molecule has 1 aromatic rings. The van der Waals surface area contributed by atoms with Crippen LogP contribution in [0.4, 0.5) is 4.39 Å². The standard InChI is InChI=1S/C11H13BrFNO2/c12-7-5-6(1-2-11(14)3-4-11)9(15)8(13)10(7)16/h5,15-16H,1-4,14H2. The zero-order chi connectivity index (χ0) is 11.9. The predicted octanol–water partition coefficient (Wildman–Crippen LogP) is 2.42. The number of hydrogen-bond acceptors (Lipinski definition) is 3. The lowest BCUT2D eigenvalue weighted by atomic mass is 10.0. The van der Waals surface area contributed by atoms with Gasteiger partial charge in [-0.25, -0.2) is 0 Å². The minimum atomic E-state index is -0.980. The Morgan fingerprint density at radius 3 is 2.56 bits per heavy atom. The molecule has 0 aliphatic heterocycles. The molecule has 4 N–H and O–H groups in total. The molecule has 0 saturated heterocycles. The summed E-state index contributed by atoms with van der Waals surface area (Å²) in [6.45, 7) is 0. The summed E-state index contributed by atoms with van der Waals surface area (Å²) in [5.74, 6) is -2.02. The van der Waals surface area contributed by atoms with E-state index in [2.05, 4.69) is 15.9 Å². The number of rotatable bonds is 3. The van der Waals surface area contributed by atoms with Gasteiger partial charge in [0.2, 0.25) is 5.82 Å². The zero-order valence-electron chi connectivity index (χ0n) is 8.63. The summed E-state index contributed by atoms with van der Waals surface area (Å²) in [6.07, 6.45) is 3.19. The van der Waals surface area contributed by atoms with Crippen LogP contribution in [0.25, 0.3) is 0 Å². The number of nitrogens with two attached hydrogens (primary N) is 1. The molecule has 5 heteroatoms. The Labute approximate surface area is 101 Å². The van der Waals surface area contributed by atoms with Crippen molar-refractivity contribution in [2.75, 3.05) is 0 Å². The summed E-state index contributed by atoms with van der Waals surface area (Å²) in [4.78, 5) is 0. The van der Waals surface area contributed by atoms with E-state index in [9.17, 15) is 14.6 Å². The van der Waals surface area contributed by atoms with E-state index in [1.54, 1.807) is 0 Å². The highest BCUT2D eigenvalue weighted by atomic mass is 79.9. The van der Waals surface area contributed by atoms with E-state index < -0.39 is 17.3 Å². The van der Waals surface area contributed by atoms with Crippen LogP contribution in [-0.4, -0.2) is 15.8 Å². The van der Waals surface area contributed by atoms with Crippen molar-refractivity contribution in [1.82, 2.24) is 0 Å². The SMILES string of the molecule is NC1(CCc2cc(Br)c(O)c(F)c2O)CC1. The van der Waals surface area contributed by atoms with Crippen LogP contribution in [0.15, 0.2) is 10.5 Å². The number of phenols is 2. The van der Waals surface area contributed by atoms with Crippen LogP contribution in [0.5, 0.6) is 11.5 Å². The average Bonchev–Trinajstić information content (AvgIpc) is 2.98. The summed E-state index contributed by atoms with van der Waals surface area (Å²) in [5, 5.41) is 18.8. The molecule has 88 valence electrons. The minimum absolute atomic E-state index is 0.132. The van der Waals surface area contributed by atoms with Gasteiger partial charge in [-0.3, -0.25) is 0 Å². The molecule has 0 atom stereocenters. The molecule has 2 rings (SSSR count). The molecule has 0 aromatic heterocycles. The van der Waals surface area contributed by atoms with Crippen LogP contribution in [0.3, 0.4) is 0 Å². The Bertz CT molecular complexity index is 432. The van der Waals surface area contributed by atoms with Crippen molar-refractivity contribution in [3.63, 3.8) is 0 Å². The van der Waals surface area contributed by atoms with E-state index in [0.29, 0.717) is 12.0 Å². The first-order valence-corrected chi connectivity index (χ1v) is 5.90. The van der Waals surface area contributed by atoms with E-state index in [0.717, 1.165) is 19.3 Å². The third kappa shape index (κ3) is 2.15. The van der Waals surface area contributed by atoms with Crippen molar-refractivity contribution in [2.45, 2.75) is 31.2 Å². The van der Waals surface area contributed by atoms with E-state index in [1.165, 1.54) is 6.07 Å². The van der Waals surface area contributed by atoms with E-state index in [-0.39, 0.29) is 10.0 Å². The molecule has 1 aliphatic rings. The molecular weight excluding hydrogens is 277 g/mol. The molecule has 0 amide bonds. The summed E-state index contributed by atoms with van der Waals surface area (Å²) in [7, 11) is 0. The lowest BCUT2D eigenvalue weighted by molar-refractivity contribution is 0.382. The minimum Gasteiger partial charge on any atom is -0.505 e. The van der Waals surface area contributed by atoms with Gasteiger partial charge in [0.15, 0.2) is 11.5 Å². The second kappa shape index (κ2) is 3.89. The van der Waals surface area contributed by atoms with Gasteiger partial charge in [-0.1, -0.05) is 0 Å². The lowest BCUT2D eigenvalue weighted by Crippen LogP contribution is -2.22. The van der Waals surface area contributed by atoms with Crippen molar-refractivity contribution in [2.24, 2.45) is 5.73 Å². The Morgan fingerprint density at radius 1 is 1.38 bits per heavy atom. The molecule has 0 unspecified atom stereocenters. The van der Waals surface area contributed by atoms with Crippen LogP contribution < -0.4 is 5.73 Å². The van der Waals surface area contributed by atoms with Gasteiger partial charge in [0.05, 0.1) is 4.47 Å². The summed E-state index contributed by atoms with van der Waals surface area (Å²) in [5.41, 5.74) is 6.25. The maximum Gasteiger partial charge on any atom is 0.207 e. The van der Waals surface area contributed by atoms with Gasteiger partial charge >= 0.3 is 0 Å². The first-order chi connectivity index (χ1) is 7.43. The van der Waals surface area contributed by atoms with Crippen molar-refractivity contribution in [1.29, 1.82) is 0 Å². The fraction of sp³-hybridized carbons (Fsp3) is 0.455. The van der Waals surface area contributed by atoms with Gasteiger partial charge in [0, 0.05) is 5.54 Å². The zero-order valence-corrected chi connectivity index (χ0v) is 10.2. The van der Waals surface area contributed by atoms with Gasteiger partial charge in [0.1, 0.15) is 0 Å². The smallest absolute Gasteiger partial charge is 0.207 e. The normalized spacial score (nSPS) is 17.4. The summed E-state index contributed by atoms with van der Waals surface area (Å²) < 4.78 is 13.6. The highest BCUT2D eigenvalue weighted by Gasteiger charge is 2.37. The Morgan fingerprint density at radius 2 is 2.00 bits per heavy atom. The first-order valence-electron chi connectivity index (χ1n) is 5.11. The average molecular weight is 290 g/mol. The van der Waals surface area contributed by atoms with E-state index in [1.807, 2.05) is 0 Å². The Balaban J connectivity index is 2.20. The molecule has 0 spiro atoms. The van der Waals surface area contributed by atoms with Crippen LogP contribution in [0.2, 0.25) is 0 Å². The van der Waals surface area contributed by atoms with Crippen LogP contribution in [0, 0.1) is 5.82 Å². The molecule has 0 heterocycles. The topological polar surface area (TPSA) is 66.5 Å². The summed E-state index contributed by atoms with van der Waals surface area (Å²) in [6, 6.07) is 1.53. The summed E-state index contributed by atoms with van der Waals surface area (Å²) >= 11 is 3.03. The number of halogens is 2. The highest BCUT2D eigenvalue weighted by molar-refractivity contribution is 9.10. The first kappa shape index (κ1) is 11.7. The van der Waals surface area contributed by atoms with Crippen LogP contribution in [0.1, 0.15) is 24.8 Å². The molecule has 1 aromatic carbocycles. The quantitative estimate of drug-likeness (QED) is 0.801. The molecule has 0 bridgehead atoms. The van der Waals surface area contributed by atoms with Gasteiger partial charge < -0.3 is 15.9 Å². The fourth-order valence-electron chi connectivity index (χ4n) is 1.63. The van der Waals surface area contributed by atoms with Gasteiger partial charge in [-0.2, -0.15) is 4.39 Å². The number of aromatic hydroxyl groups is 2. The Kier molecular flexibility index (Phi) is 2.84. The molecule has 1 aliphatic carbocycles. The van der Waals surface area contributed by atoms with Crippen molar-refractivity contribution < 1.29 is 14.6 Å². The fourth-order valence-corrected chi connectivity index (χ4v) is 2.08. The largest absolute Gasteiger partial charge is 0.505 e. The van der Waals surface area contributed by atoms with Crippen LogP contribution in [-0.2, 0) is 6.42 Å². The number of phenolic OH excluding ortho intramolecular Hbond substituents is 2.